The highest BCUT2D eigenvalue weighted by molar-refractivity contribution is 6.30. The van der Waals surface area contributed by atoms with Crippen LogP contribution in [0.5, 0.6) is 11.5 Å². The van der Waals surface area contributed by atoms with Gasteiger partial charge in [-0.05, 0) is 50.4 Å². The summed E-state index contributed by atoms with van der Waals surface area (Å²) in [5.41, 5.74) is 0. The molecule has 26 heavy (non-hydrogen) atoms. The third kappa shape index (κ3) is 4.18. The molecule has 142 valence electrons. The Morgan fingerprint density at radius 2 is 1.96 bits per heavy atom. The van der Waals surface area contributed by atoms with Crippen molar-refractivity contribution in [3.8, 4) is 11.5 Å². The Morgan fingerprint density at radius 3 is 2.73 bits per heavy atom. The van der Waals surface area contributed by atoms with E-state index in [9.17, 15) is 4.79 Å². The summed E-state index contributed by atoms with van der Waals surface area (Å²) in [6.45, 7) is 5.68. The molecule has 0 bridgehead atoms. The molecule has 7 heteroatoms. The van der Waals surface area contributed by atoms with Crippen molar-refractivity contribution < 1.29 is 19.0 Å². The van der Waals surface area contributed by atoms with E-state index in [2.05, 4.69) is 4.90 Å². The first-order valence-electron chi connectivity index (χ1n) is 9.40. The van der Waals surface area contributed by atoms with Crippen LogP contribution in [-0.4, -0.2) is 67.9 Å². The molecular formula is C19H25ClN2O4. The van der Waals surface area contributed by atoms with E-state index in [1.165, 1.54) is 12.8 Å². The van der Waals surface area contributed by atoms with Crippen LogP contribution < -0.4 is 9.47 Å². The number of nitrogens with zero attached hydrogens (tertiary/aromatic N) is 2. The zero-order chi connectivity index (χ0) is 17.9. The smallest absolute Gasteiger partial charge is 0.409 e. The molecule has 6 nitrogen and oxygen atoms in total. The molecule has 0 aliphatic carbocycles. The van der Waals surface area contributed by atoms with Gasteiger partial charge in [-0.15, -0.1) is 0 Å². The van der Waals surface area contributed by atoms with Gasteiger partial charge in [0.1, 0.15) is 19.3 Å². The molecule has 0 N–H and O–H groups in total. The molecule has 3 heterocycles. The summed E-state index contributed by atoms with van der Waals surface area (Å²) in [5.74, 6) is 2.19. The SMILES string of the molecule is O=C1OCCN1CCC1CCN(C[C@H]2COc3ccc(Cl)cc3O2)CC1. The van der Waals surface area contributed by atoms with E-state index >= 15 is 0 Å². The first-order valence-corrected chi connectivity index (χ1v) is 9.78. The molecule has 0 aromatic heterocycles. The van der Waals surface area contributed by atoms with E-state index in [1.54, 1.807) is 0 Å². The number of cyclic esters (lactones) is 1. The van der Waals surface area contributed by atoms with E-state index in [1.807, 2.05) is 23.1 Å². The number of hydrogen-bond donors (Lipinski definition) is 0. The lowest BCUT2D eigenvalue weighted by Gasteiger charge is -2.36. The van der Waals surface area contributed by atoms with Crippen molar-refractivity contribution in [3.63, 3.8) is 0 Å². The van der Waals surface area contributed by atoms with Gasteiger partial charge in [-0.2, -0.15) is 0 Å². The maximum atomic E-state index is 11.5. The van der Waals surface area contributed by atoms with Gasteiger partial charge in [0, 0.05) is 24.2 Å². The quantitative estimate of drug-likeness (QED) is 0.785. The monoisotopic (exact) mass is 380 g/mol. The molecule has 3 aliphatic heterocycles. The van der Waals surface area contributed by atoms with Crippen molar-refractivity contribution in [2.45, 2.75) is 25.4 Å². The number of likely N-dealkylation sites (tertiary alicyclic amines) is 1. The second-order valence-electron chi connectivity index (χ2n) is 7.28. The third-order valence-electron chi connectivity index (χ3n) is 5.45. The van der Waals surface area contributed by atoms with Gasteiger partial charge in [0.2, 0.25) is 0 Å². The van der Waals surface area contributed by atoms with Crippen molar-refractivity contribution in [3.05, 3.63) is 23.2 Å². The van der Waals surface area contributed by atoms with Crippen LogP contribution in [0, 0.1) is 5.92 Å². The molecule has 0 spiro atoms. The number of amides is 1. The van der Waals surface area contributed by atoms with Crippen molar-refractivity contribution >= 4 is 17.7 Å². The van der Waals surface area contributed by atoms with Gasteiger partial charge in [-0.25, -0.2) is 4.79 Å². The lowest BCUT2D eigenvalue weighted by molar-refractivity contribution is 0.0468. The maximum Gasteiger partial charge on any atom is 0.409 e. The molecule has 4 rings (SSSR count). The minimum atomic E-state index is -0.155. The number of benzene rings is 1. The molecule has 0 radical (unpaired) electrons. The fraction of sp³-hybridized carbons (Fsp3) is 0.632. The zero-order valence-corrected chi connectivity index (χ0v) is 15.6. The van der Waals surface area contributed by atoms with E-state index in [-0.39, 0.29) is 12.2 Å². The number of carbonyl (C=O) groups is 1. The Balaban J connectivity index is 1.20. The normalized spacial score (nSPS) is 24.0. The van der Waals surface area contributed by atoms with Crippen LogP contribution in [0.4, 0.5) is 4.79 Å². The van der Waals surface area contributed by atoms with Crippen molar-refractivity contribution in [2.24, 2.45) is 5.92 Å². The highest BCUT2D eigenvalue weighted by Gasteiger charge is 2.28. The Kier molecular flexibility index (Phi) is 5.41. The van der Waals surface area contributed by atoms with Gasteiger partial charge >= 0.3 is 6.09 Å². The number of hydrogen-bond acceptors (Lipinski definition) is 5. The van der Waals surface area contributed by atoms with Gasteiger partial charge in [-0.3, -0.25) is 4.90 Å². The summed E-state index contributed by atoms with van der Waals surface area (Å²) < 4.78 is 16.8. The first kappa shape index (κ1) is 17.7. The van der Waals surface area contributed by atoms with Gasteiger partial charge in [0.05, 0.1) is 6.54 Å². The summed E-state index contributed by atoms with van der Waals surface area (Å²) in [6, 6.07) is 5.49. The molecule has 2 saturated heterocycles. The van der Waals surface area contributed by atoms with E-state index in [0.717, 1.165) is 50.6 Å². The average molecular weight is 381 g/mol. The van der Waals surface area contributed by atoms with Crippen LogP contribution in [-0.2, 0) is 4.74 Å². The maximum absolute atomic E-state index is 11.5. The summed E-state index contributed by atoms with van der Waals surface area (Å²) in [5, 5.41) is 0.663. The predicted molar refractivity (Wildman–Crippen MR) is 98.1 cm³/mol. The van der Waals surface area contributed by atoms with Crippen LogP contribution >= 0.6 is 11.6 Å². The van der Waals surface area contributed by atoms with Crippen LogP contribution in [0.3, 0.4) is 0 Å². The van der Waals surface area contributed by atoms with Crippen LogP contribution in [0.1, 0.15) is 19.3 Å². The fourth-order valence-electron chi connectivity index (χ4n) is 3.89. The molecule has 0 saturated carbocycles. The third-order valence-corrected chi connectivity index (χ3v) is 5.68. The summed E-state index contributed by atoms with van der Waals surface area (Å²) in [4.78, 5) is 15.8. The van der Waals surface area contributed by atoms with E-state index in [0.29, 0.717) is 24.2 Å². The summed E-state index contributed by atoms with van der Waals surface area (Å²) in [7, 11) is 0. The Hall–Kier alpha value is -1.66. The van der Waals surface area contributed by atoms with Crippen LogP contribution in [0.25, 0.3) is 0 Å². The fourth-order valence-corrected chi connectivity index (χ4v) is 4.05. The molecule has 3 aliphatic rings. The highest BCUT2D eigenvalue weighted by atomic mass is 35.5. The Bertz CT molecular complexity index is 648. The minimum absolute atomic E-state index is 0.0388. The van der Waals surface area contributed by atoms with E-state index in [4.69, 9.17) is 25.8 Å². The van der Waals surface area contributed by atoms with Crippen molar-refractivity contribution in [1.82, 2.24) is 9.80 Å². The van der Waals surface area contributed by atoms with Crippen LogP contribution in [0.2, 0.25) is 5.02 Å². The van der Waals surface area contributed by atoms with Crippen LogP contribution in [0.15, 0.2) is 18.2 Å². The topological polar surface area (TPSA) is 51.2 Å². The number of rotatable bonds is 5. The Labute approximate surface area is 158 Å². The largest absolute Gasteiger partial charge is 0.486 e. The van der Waals surface area contributed by atoms with Gasteiger partial charge in [-0.1, -0.05) is 11.6 Å². The second-order valence-corrected chi connectivity index (χ2v) is 7.71. The molecule has 0 unspecified atom stereocenters. The van der Waals surface area contributed by atoms with Crippen molar-refractivity contribution in [2.75, 3.05) is 45.9 Å². The molecule has 2 fully saturated rings. The molecule has 1 atom stereocenters. The van der Waals surface area contributed by atoms with Gasteiger partial charge < -0.3 is 19.1 Å². The standard InChI is InChI=1S/C19H25ClN2O4/c20-15-1-2-17-18(11-15)26-16(13-25-17)12-21-6-3-14(4-7-21)5-8-22-9-10-24-19(22)23/h1-2,11,14,16H,3-10,12-13H2/t16-/m0/s1. The van der Waals surface area contributed by atoms with Gasteiger partial charge in [0.15, 0.2) is 11.5 Å². The summed E-state index contributed by atoms with van der Waals surface area (Å²) >= 11 is 6.04. The number of carbonyl (C=O) groups excluding carboxylic acids is 1. The zero-order valence-electron chi connectivity index (χ0n) is 14.9. The number of halogens is 1. The highest BCUT2D eigenvalue weighted by Crippen LogP contribution is 2.34. The molecule has 1 aromatic carbocycles. The molecule has 1 aromatic rings. The Morgan fingerprint density at radius 1 is 1.12 bits per heavy atom. The molecular weight excluding hydrogens is 356 g/mol. The van der Waals surface area contributed by atoms with Crippen molar-refractivity contribution in [1.29, 1.82) is 0 Å². The number of ether oxygens (including phenoxy) is 3. The number of fused-ring (bicyclic) bond motifs is 1. The minimum Gasteiger partial charge on any atom is -0.486 e. The number of piperidine rings is 1. The summed E-state index contributed by atoms with van der Waals surface area (Å²) in [6.07, 6.45) is 3.28. The second kappa shape index (κ2) is 7.92. The first-order chi connectivity index (χ1) is 12.7. The predicted octanol–water partition coefficient (Wildman–Crippen LogP) is 3.03. The molecule has 1 amide bonds. The average Bonchev–Trinajstić information content (AvgIpc) is 3.06. The lowest BCUT2D eigenvalue weighted by Crippen LogP contribution is -2.44. The van der Waals surface area contributed by atoms with E-state index < -0.39 is 0 Å². The lowest BCUT2D eigenvalue weighted by atomic mass is 9.93. The van der Waals surface area contributed by atoms with Gasteiger partial charge in [0.25, 0.3) is 0 Å².